The van der Waals surface area contributed by atoms with Gasteiger partial charge in [-0.15, -0.1) is 0 Å². The maximum atomic E-state index is 12.3. The molecule has 1 aromatic carbocycles. The van der Waals surface area contributed by atoms with E-state index in [-0.39, 0.29) is 26.0 Å². The van der Waals surface area contributed by atoms with Gasteiger partial charge >= 0.3 is 0 Å². The van der Waals surface area contributed by atoms with Gasteiger partial charge in [-0.05, 0) is 18.6 Å². The minimum Gasteiger partial charge on any atom is -0.463 e. The highest BCUT2D eigenvalue weighted by Gasteiger charge is 2.23. The Morgan fingerprint density at radius 1 is 1.14 bits per heavy atom. The third-order valence-electron chi connectivity index (χ3n) is 2.94. The number of Topliss-reactive ketones (excluding diaryl/α,β-unsaturated/α-hetero) is 1. The van der Waals surface area contributed by atoms with Crippen molar-refractivity contribution in [2.45, 2.75) is 13.8 Å². The van der Waals surface area contributed by atoms with Crippen molar-refractivity contribution in [3.05, 3.63) is 23.3 Å². The number of rotatable bonds is 9. The van der Waals surface area contributed by atoms with Crippen LogP contribution in [0.3, 0.4) is 0 Å². The van der Waals surface area contributed by atoms with Crippen LogP contribution in [0.2, 0.25) is 0 Å². The molecule has 0 radical (unpaired) electrons. The van der Waals surface area contributed by atoms with Crippen molar-refractivity contribution in [1.29, 1.82) is 0 Å². The summed E-state index contributed by atoms with van der Waals surface area (Å²) in [5.74, 6) is 0.00263. The van der Waals surface area contributed by atoms with E-state index in [1.165, 1.54) is 14.2 Å². The van der Waals surface area contributed by atoms with Crippen LogP contribution in [0.15, 0.2) is 12.1 Å². The number of carbonyl (C=O) groups excluding carboxylic acids is 1. The lowest BCUT2D eigenvalue weighted by molar-refractivity contribution is 0.0311. The van der Waals surface area contributed by atoms with Crippen molar-refractivity contribution in [3.63, 3.8) is 0 Å². The number of carbonyl (C=O) groups is 1. The van der Waals surface area contributed by atoms with E-state index in [1.54, 1.807) is 19.1 Å². The number of ketones is 1. The zero-order valence-electron chi connectivity index (χ0n) is 12.8. The summed E-state index contributed by atoms with van der Waals surface area (Å²) in [4.78, 5) is 12.3. The summed E-state index contributed by atoms with van der Waals surface area (Å²) in [5, 5.41) is 9.16. The maximum Gasteiger partial charge on any atom is 0.188 e. The fourth-order valence-corrected chi connectivity index (χ4v) is 1.76. The van der Waals surface area contributed by atoms with Gasteiger partial charge in [0.1, 0.15) is 0 Å². The molecular weight excluding hydrogens is 276 g/mol. The van der Waals surface area contributed by atoms with Crippen LogP contribution in [0.1, 0.15) is 22.8 Å². The minimum atomic E-state index is -0.520. The molecule has 1 aromatic rings. The molecule has 0 bridgehead atoms. The predicted octanol–water partition coefficient (Wildman–Crippen LogP) is 1.77. The van der Waals surface area contributed by atoms with Crippen LogP contribution in [-0.4, -0.2) is 45.3 Å². The molecule has 0 unspecified atom stereocenters. The number of benzene rings is 1. The topological polar surface area (TPSA) is 74.2 Å². The quantitative estimate of drug-likeness (QED) is 0.553. The van der Waals surface area contributed by atoms with E-state index in [0.29, 0.717) is 17.1 Å². The van der Waals surface area contributed by atoms with Crippen LogP contribution in [0.5, 0.6) is 11.5 Å². The van der Waals surface area contributed by atoms with E-state index < -0.39 is 5.92 Å². The summed E-state index contributed by atoms with van der Waals surface area (Å²) in [6, 6.07) is 3.43. The third kappa shape index (κ3) is 4.42. The molecule has 118 valence electrons. The van der Waals surface area contributed by atoms with Crippen molar-refractivity contribution in [2.24, 2.45) is 5.92 Å². The van der Waals surface area contributed by atoms with Gasteiger partial charge in [0.15, 0.2) is 30.9 Å². The Morgan fingerprint density at radius 3 is 2.24 bits per heavy atom. The zero-order valence-corrected chi connectivity index (χ0v) is 12.8. The average molecular weight is 298 g/mol. The second-order valence-electron chi connectivity index (χ2n) is 4.64. The molecule has 0 heterocycles. The molecule has 0 aliphatic rings. The van der Waals surface area contributed by atoms with Crippen LogP contribution in [-0.2, 0) is 9.47 Å². The number of hydrogen-bond donors (Lipinski definition) is 1. The first-order valence-electron chi connectivity index (χ1n) is 6.58. The number of aryl methyl sites for hydroxylation is 1. The van der Waals surface area contributed by atoms with E-state index in [1.807, 2.05) is 6.92 Å². The molecule has 0 fully saturated rings. The first-order valence-corrected chi connectivity index (χ1v) is 6.58. The minimum absolute atomic E-state index is 0.0133. The summed E-state index contributed by atoms with van der Waals surface area (Å²) in [6.07, 6.45) is 0. The summed E-state index contributed by atoms with van der Waals surface area (Å²) < 4.78 is 20.8. The molecule has 0 aliphatic heterocycles. The average Bonchev–Trinajstić information content (AvgIpc) is 2.50. The van der Waals surface area contributed by atoms with Crippen LogP contribution < -0.4 is 9.47 Å². The highest BCUT2D eigenvalue weighted by molar-refractivity contribution is 6.01. The largest absolute Gasteiger partial charge is 0.463 e. The summed E-state index contributed by atoms with van der Waals surface area (Å²) in [7, 11) is 3.00. The molecule has 0 aliphatic carbocycles. The normalized spacial score (nSPS) is 12.0. The third-order valence-corrected chi connectivity index (χ3v) is 2.94. The number of aliphatic hydroxyl groups excluding tert-OH is 1. The van der Waals surface area contributed by atoms with Crippen LogP contribution in [0.4, 0.5) is 0 Å². The van der Waals surface area contributed by atoms with Gasteiger partial charge in [-0.1, -0.05) is 13.0 Å². The molecule has 0 amide bonds. The van der Waals surface area contributed by atoms with Gasteiger partial charge in [0.2, 0.25) is 0 Å². The SMILES string of the molecule is COCOc1c(C)ccc(C(=O)[C@H](C)CO)c1OCOC. The van der Waals surface area contributed by atoms with Crippen molar-refractivity contribution in [1.82, 2.24) is 0 Å². The molecular formula is C15H22O6. The van der Waals surface area contributed by atoms with Crippen molar-refractivity contribution in [3.8, 4) is 11.5 Å². The van der Waals surface area contributed by atoms with E-state index in [4.69, 9.17) is 24.1 Å². The molecule has 1 N–H and O–H groups in total. The molecule has 1 rings (SSSR count). The van der Waals surface area contributed by atoms with Gasteiger partial charge in [0.25, 0.3) is 0 Å². The second-order valence-corrected chi connectivity index (χ2v) is 4.64. The van der Waals surface area contributed by atoms with Gasteiger partial charge in [-0.3, -0.25) is 4.79 Å². The van der Waals surface area contributed by atoms with Crippen LogP contribution in [0.25, 0.3) is 0 Å². The number of aliphatic hydroxyl groups is 1. The molecule has 21 heavy (non-hydrogen) atoms. The van der Waals surface area contributed by atoms with Gasteiger partial charge in [-0.2, -0.15) is 0 Å². The van der Waals surface area contributed by atoms with Gasteiger partial charge in [0.05, 0.1) is 12.2 Å². The summed E-state index contributed by atoms with van der Waals surface area (Å²) >= 11 is 0. The molecule has 0 aromatic heterocycles. The Morgan fingerprint density at radius 2 is 1.71 bits per heavy atom. The molecule has 6 nitrogen and oxygen atoms in total. The molecule has 6 heteroatoms. The number of hydrogen-bond acceptors (Lipinski definition) is 6. The lowest BCUT2D eigenvalue weighted by atomic mass is 9.97. The van der Waals surface area contributed by atoms with Gasteiger partial charge < -0.3 is 24.1 Å². The Hall–Kier alpha value is -1.63. The maximum absolute atomic E-state index is 12.3. The summed E-state index contributed by atoms with van der Waals surface area (Å²) in [6.45, 7) is 3.29. The Balaban J connectivity index is 3.24. The Kier molecular flexibility index (Phi) is 7.14. The van der Waals surface area contributed by atoms with Crippen LogP contribution >= 0.6 is 0 Å². The Bertz CT molecular complexity index is 471. The van der Waals surface area contributed by atoms with Gasteiger partial charge in [-0.25, -0.2) is 0 Å². The monoisotopic (exact) mass is 298 g/mol. The van der Waals surface area contributed by atoms with E-state index >= 15 is 0 Å². The number of methoxy groups -OCH3 is 2. The smallest absolute Gasteiger partial charge is 0.188 e. The van der Waals surface area contributed by atoms with Gasteiger partial charge in [0, 0.05) is 20.1 Å². The lowest BCUT2D eigenvalue weighted by Gasteiger charge is -2.18. The predicted molar refractivity (Wildman–Crippen MR) is 76.8 cm³/mol. The highest BCUT2D eigenvalue weighted by atomic mass is 16.7. The fraction of sp³-hybridized carbons (Fsp3) is 0.533. The standard InChI is InChI=1S/C15H22O6/c1-10-5-6-12(13(17)11(2)7-16)15(21-9-19-4)14(10)20-8-18-3/h5-6,11,16H,7-9H2,1-4H3/t11-/m1/s1. The van der Waals surface area contributed by atoms with E-state index in [2.05, 4.69) is 0 Å². The van der Waals surface area contributed by atoms with Crippen LogP contribution in [0, 0.1) is 12.8 Å². The van der Waals surface area contributed by atoms with Crippen molar-refractivity contribution < 1.29 is 28.8 Å². The first-order chi connectivity index (χ1) is 10.1. The zero-order chi connectivity index (χ0) is 15.8. The lowest BCUT2D eigenvalue weighted by Crippen LogP contribution is -2.17. The van der Waals surface area contributed by atoms with E-state index in [0.717, 1.165) is 5.56 Å². The molecule has 0 saturated heterocycles. The first kappa shape index (κ1) is 17.4. The Labute approximate surface area is 124 Å². The van der Waals surface area contributed by atoms with Crippen molar-refractivity contribution >= 4 is 5.78 Å². The molecule has 0 saturated carbocycles. The fourth-order valence-electron chi connectivity index (χ4n) is 1.76. The molecule has 1 atom stereocenters. The van der Waals surface area contributed by atoms with Crippen molar-refractivity contribution in [2.75, 3.05) is 34.4 Å². The molecule has 0 spiro atoms. The van der Waals surface area contributed by atoms with E-state index in [9.17, 15) is 4.79 Å². The highest BCUT2D eigenvalue weighted by Crippen LogP contribution is 2.36. The number of ether oxygens (including phenoxy) is 4. The summed E-state index contributed by atoms with van der Waals surface area (Å²) in [5.41, 5.74) is 1.16. The second kappa shape index (κ2) is 8.61.